The SMILES string of the molecule is CC1(O)CN(C(=O)CCCOc2ccc(Br)cc2Cl)C1. The fourth-order valence-corrected chi connectivity index (χ4v) is 2.84. The number of likely N-dealkylation sites (tertiary alicyclic amines) is 1. The standard InChI is InChI=1S/C14H17BrClNO3/c1-14(19)8-17(9-14)13(18)3-2-6-20-12-5-4-10(15)7-11(12)16/h4-5,7,19H,2-3,6,8-9H2,1H3. The number of carbonyl (C=O) groups excluding carboxylic acids is 1. The smallest absolute Gasteiger partial charge is 0.222 e. The second-order valence-electron chi connectivity index (χ2n) is 5.27. The molecule has 1 amide bonds. The summed E-state index contributed by atoms with van der Waals surface area (Å²) in [7, 11) is 0. The number of ether oxygens (including phenoxy) is 1. The van der Waals surface area contributed by atoms with Crippen molar-refractivity contribution in [1.82, 2.24) is 4.90 Å². The van der Waals surface area contributed by atoms with Gasteiger partial charge in [0.2, 0.25) is 5.91 Å². The lowest BCUT2D eigenvalue weighted by atomic mass is 9.96. The van der Waals surface area contributed by atoms with Crippen molar-refractivity contribution >= 4 is 33.4 Å². The van der Waals surface area contributed by atoms with E-state index < -0.39 is 5.60 Å². The molecule has 0 aromatic heterocycles. The molecule has 0 bridgehead atoms. The fourth-order valence-electron chi connectivity index (χ4n) is 2.11. The molecule has 1 aliphatic rings. The van der Waals surface area contributed by atoms with E-state index >= 15 is 0 Å². The van der Waals surface area contributed by atoms with Crippen LogP contribution in [0.1, 0.15) is 19.8 Å². The predicted octanol–water partition coefficient (Wildman–Crippen LogP) is 2.85. The van der Waals surface area contributed by atoms with Crippen LogP contribution in [0.25, 0.3) is 0 Å². The molecule has 1 heterocycles. The molecule has 110 valence electrons. The fraction of sp³-hybridized carbons (Fsp3) is 0.500. The maximum Gasteiger partial charge on any atom is 0.222 e. The van der Waals surface area contributed by atoms with Gasteiger partial charge in [-0.3, -0.25) is 4.79 Å². The van der Waals surface area contributed by atoms with Gasteiger partial charge in [0.25, 0.3) is 0 Å². The molecule has 1 fully saturated rings. The van der Waals surface area contributed by atoms with Gasteiger partial charge >= 0.3 is 0 Å². The van der Waals surface area contributed by atoms with Gasteiger partial charge in [-0.25, -0.2) is 0 Å². The normalized spacial score (nSPS) is 16.7. The molecule has 0 unspecified atom stereocenters. The van der Waals surface area contributed by atoms with Crippen LogP contribution < -0.4 is 4.74 Å². The Labute approximate surface area is 131 Å². The summed E-state index contributed by atoms with van der Waals surface area (Å²) in [5.41, 5.74) is -0.711. The second-order valence-corrected chi connectivity index (χ2v) is 6.60. The maximum absolute atomic E-state index is 11.8. The molecule has 4 nitrogen and oxygen atoms in total. The van der Waals surface area contributed by atoms with E-state index in [2.05, 4.69) is 15.9 Å². The molecule has 0 atom stereocenters. The molecule has 6 heteroatoms. The summed E-state index contributed by atoms with van der Waals surface area (Å²) in [6, 6.07) is 5.42. The van der Waals surface area contributed by atoms with Crippen molar-refractivity contribution in [3.8, 4) is 5.75 Å². The number of carbonyl (C=O) groups is 1. The van der Waals surface area contributed by atoms with Crippen LogP contribution >= 0.6 is 27.5 Å². The molecule has 0 aliphatic carbocycles. The largest absolute Gasteiger partial charge is 0.492 e. The van der Waals surface area contributed by atoms with Crippen LogP contribution in [0.3, 0.4) is 0 Å². The van der Waals surface area contributed by atoms with Crippen LogP contribution in [-0.4, -0.2) is 41.2 Å². The van der Waals surface area contributed by atoms with Gasteiger partial charge in [-0.1, -0.05) is 27.5 Å². The zero-order valence-electron chi connectivity index (χ0n) is 11.2. The number of amides is 1. The zero-order valence-corrected chi connectivity index (χ0v) is 13.6. The molecular formula is C14H17BrClNO3. The Hall–Kier alpha value is -0.780. The van der Waals surface area contributed by atoms with Crippen molar-refractivity contribution in [3.05, 3.63) is 27.7 Å². The van der Waals surface area contributed by atoms with Crippen LogP contribution in [0.4, 0.5) is 0 Å². The third kappa shape index (κ3) is 4.11. The molecular weight excluding hydrogens is 346 g/mol. The minimum absolute atomic E-state index is 0.0574. The van der Waals surface area contributed by atoms with Crippen LogP contribution in [0.15, 0.2) is 22.7 Å². The topological polar surface area (TPSA) is 49.8 Å². The number of rotatable bonds is 5. The van der Waals surface area contributed by atoms with Gasteiger partial charge in [-0.2, -0.15) is 0 Å². The molecule has 1 N–H and O–H groups in total. The van der Waals surface area contributed by atoms with Gasteiger partial charge in [-0.15, -0.1) is 0 Å². The van der Waals surface area contributed by atoms with Crippen LogP contribution in [0.2, 0.25) is 5.02 Å². The van der Waals surface area contributed by atoms with Crippen molar-refractivity contribution in [2.45, 2.75) is 25.4 Å². The monoisotopic (exact) mass is 361 g/mol. The summed E-state index contributed by atoms with van der Waals surface area (Å²) in [5, 5.41) is 10.1. The summed E-state index contributed by atoms with van der Waals surface area (Å²) >= 11 is 9.35. The second kappa shape index (κ2) is 6.33. The Morgan fingerprint density at radius 2 is 2.25 bits per heavy atom. The van der Waals surface area contributed by atoms with Gasteiger partial charge in [0.15, 0.2) is 0 Å². The molecule has 0 spiro atoms. The summed E-state index contributed by atoms with van der Waals surface area (Å²) in [6.07, 6.45) is 1.05. The Kier molecular flexibility index (Phi) is 4.94. The lowest BCUT2D eigenvalue weighted by molar-refractivity contribution is -0.152. The highest BCUT2D eigenvalue weighted by Crippen LogP contribution is 2.28. The average Bonchev–Trinajstić information content (AvgIpc) is 2.33. The molecule has 20 heavy (non-hydrogen) atoms. The van der Waals surface area contributed by atoms with E-state index in [-0.39, 0.29) is 5.91 Å². The number of aliphatic hydroxyl groups is 1. The highest BCUT2D eigenvalue weighted by molar-refractivity contribution is 9.10. The Bertz CT molecular complexity index is 499. The molecule has 2 rings (SSSR count). The van der Waals surface area contributed by atoms with Gasteiger partial charge < -0.3 is 14.7 Å². The summed E-state index contributed by atoms with van der Waals surface area (Å²) in [5.74, 6) is 0.677. The number of halogens is 2. The van der Waals surface area contributed by atoms with Crippen LogP contribution in [0.5, 0.6) is 5.75 Å². The zero-order chi connectivity index (χ0) is 14.8. The molecule has 1 aromatic carbocycles. The van der Waals surface area contributed by atoms with Crippen molar-refractivity contribution in [1.29, 1.82) is 0 Å². The van der Waals surface area contributed by atoms with E-state index in [1.54, 1.807) is 24.0 Å². The molecule has 1 aliphatic heterocycles. The van der Waals surface area contributed by atoms with Crippen LogP contribution in [0, 0.1) is 0 Å². The maximum atomic E-state index is 11.8. The highest BCUT2D eigenvalue weighted by atomic mass is 79.9. The van der Waals surface area contributed by atoms with Gasteiger partial charge in [0.1, 0.15) is 5.75 Å². The van der Waals surface area contributed by atoms with Crippen molar-refractivity contribution in [2.24, 2.45) is 0 Å². The van der Waals surface area contributed by atoms with E-state index in [1.165, 1.54) is 0 Å². The first-order valence-corrected chi connectivity index (χ1v) is 7.62. The molecule has 1 aromatic rings. The Morgan fingerprint density at radius 1 is 1.55 bits per heavy atom. The number of hydrogen-bond acceptors (Lipinski definition) is 3. The van der Waals surface area contributed by atoms with Crippen molar-refractivity contribution < 1.29 is 14.6 Å². The third-order valence-electron chi connectivity index (χ3n) is 3.10. The first-order valence-electron chi connectivity index (χ1n) is 6.45. The highest BCUT2D eigenvalue weighted by Gasteiger charge is 2.38. The molecule has 0 saturated carbocycles. The van der Waals surface area contributed by atoms with E-state index in [1.807, 2.05) is 6.07 Å². The molecule has 1 saturated heterocycles. The molecule has 0 radical (unpaired) electrons. The summed E-state index contributed by atoms with van der Waals surface area (Å²) < 4.78 is 6.44. The lowest BCUT2D eigenvalue weighted by Gasteiger charge is -2.44. The number of β-amino-alcohol motifs (C(OH)–C–C–N with tert-alkyl or cyclic N) is 1. The van der Waals surface area contributed by atoms with E-state index in [0.29, 0.717) is 43.3 Å². The van der Waals surface area contributed by atoms with Crippen molar-refractivity contribution in [2.75, 3.05) is 19.7 Å². The lowest BCUT2D eigenvalue weighted by Crippen LogP contribution is -2.61. The van der Waals surface area contributed by atoms with Gasteiger partial charge in [-0.05, 0) is 31.5 Å². The Balaban J connectivity index is 1.68. The predicted molar refractivity (Wildman–Crippen MR) is 81.1 cm³/mol. The Morgan fingerprint density at radius 3 is 2.85 bits per heavy atom. The van der Waals surface area contributed by atoms with E-state index in [4.69, 9.17) is 16.3 Å². The average molecular weight is 363 g/mol. The van der Waals surface area contributed by atoms with Gasteiger partial charge in [0, 0.05) is 10.9 Å². The summed E-state index contributed by atoms with van der Waals surface area (Å²) in [6.45, 7) is 3.02. The van der Waals surface area contributed by atoms with Gasteiger partial charge in [0.05, 0.1) is 30.3 Å². The minimum Gasteiger partial charge on any atom is -0.492 e. The van der Waals surface area contributed by atoms with Crippen molar-refractivity contribution in [3.63, 3.8) is 0 Å². The third-order valence-corrected chi connectivity index (χ3v) is 3.89. The van der Waals surface area contributed by atoms with Crippen LogP contribution in [-0.2, 0) is 4.79 Å². The summed E-state index contributed by atoms with van der Waals surface area (Å²) in [4.78, 5) is 13.4. The quantitative estimate of drug-likeness (QED) is 0.820. The first kappa shape index (κ1) is 15.6. The van der Waals surface area contributed by atoms with E-state index in [9.17, 15) is 9.90 Å². The first-order chi connectivity index (χ1) is 9.37. The number of hydrogen-bond donors (Lipinski definition) is 1. The minimum atomic E-state index is -0.711. The number of nitrogens with zero attached hydrogens (tertiary/aromatic N) is 1. The van der Waals surface area contributed by atoms with E-state index in [0.717, 1.165) is 4.47 Å². The number of benzene rings is 1.